The van der Waals surface area contributed by atoms with Crippen LogP contribution in [0.1, 0.15) is 25.3 Å². The molecular formula is C14H17F3N2O3. The number of hydrogen-bond donors (Lipinski definition) is 0. The molecule has 1 saturated heterocycles. The van der Waals surface area contributed by atoms with Crippen LogP contribution in [0.2, 0.25) is 0 Å². The Morgan fingerprint density at radius 3 is 2.77 bits per heavy atom. The van der Waals surface area contributed by atoms with Gasteiger partial charge < -0.3 is 9.64 Å². The average Bonchev–Trinajstić information content (AvgIpc) is 2.46. The second-order valence-electron chi connectivity index (χ2n) is 5.12. The molecule has 0 aromatic heterocycles. The lowest BCUT2D eigenvalue weighted by atomic mass is 10.0. The van der Waals surface area contributed by atoms with E-state index in [0.29, 0.717) is 25.8 Å². The van der Waals surface area contributed by atoms with Gasteiger partial charge in [-0.1, -0.05) is 0 Å². The first kappa shape index (κ1) is 16.5. The van der Waals surface area contributed by atoms with Gasteiger partial charge in [-0.3, -0.25) is 10.1 Å². The van der Waals surface area contributed by atoms with Crippen molar-refractivity contribution >= 4 is 11.4 Å². The highest BCUT2D eigenvalue weighted by Gasteiger charge is 2.37. The van der Waals surface area contributed by atoms with E-state index in [-0.39, 0.29) is 11.8 Å². The van der Waals surface area contributed by atoms with Gasteiger partial charge in [0.1, 0.15) is 0 Å². The number of nitro benzene ring substituents is 1. The Bertz CT molecular complexity index is 547. The lowest BCUT2D eigenvalue weighted by Gasteiger charge is -2.35. The molecule has 1 unspecified atom stereocenters. The van der Waals surface area contributed by atoms with Crippen LogP contribution in [0.5, 0.6) is 0 Å². The highest BCUT2D eigenvalue weighted by atomic mass is 19.4. The molecule has 1 aromatic carbocycles. The number of hydrogen-bond acceptors (Lipinski definition) is 4. The van der Waals surface area contributed by atoms with Crippen LogP contribution < -0.4 is 4.90 Å². The third-order valence-corrected chi connectivity index (χ3v) is 3.62. The molecule has 8 heteroatoms. The fraction of sp³-hybridized carbons (Fsp3) is 0.571. The normalized spacial score (nSPS) is 19.3. The number of piperidine rings is 1. The molecule has 2 rings (SSSR count). The third kappa shape index (κ3) is 3.68. The van der Waals surface area contributed by atoms with Gasteiger partial charge in [-0.25, -0.2) is 0 Å². The minimum Gasteiger partial charge on any atom is -0.377 e. The predicted molar refractivity (Wildman–Crippen MR) is 75.0 cm³/mol. The maximum atomic E-state index is 13.2. The number of benzene rings is 1. The quantitative estimate of drug-likeness (QED) is 0.628. The Labute approximate surface area is 125 Å². The maximum absolute atomic E-state index is 13.2. The van der Waals surface area contributed by atoms with Crippen molar-refractivity contribution in [3.63, 3.8) is 0 Å². The zero-order chi connectivity index (χ0) is 16.3. The number of nitrogens with zero attached hydrogens (tertiary/aromatic N) is 2. The van der Waals surface area contributed by atoms with Crippen molar-refractivity contribution < 1.29 is 22.8 Å². The van der Waals surface area contributed by atoms with E-state index in [0.717, 1.165) is 18.9 Å². The summed E-state index contributed by atoms with van der Waals surface area (Å²) in [5.41, 5.74) is -1.56. The molecule has 0 amide bonds. The molecule has 5 nitrogen and oxygen atoms in total. The molecule has 0 N–H and O–H groups in total. The molecule has 0 aliphatic carbocycles. The van der Waals surface area contributed by atoms with Crippen LogP contribution in [0.3, 0.4) is 0 Å². The molecule has 1 aliphatic rings. The Balaban J connectivity index is 2.35. The van der Waals surface area contributed by atoms with E-state index in [1.54, 1.807) is 4.90 Å². The second kappa shape index (κ2) is 6.51. The Morgan fingerprint density at radius 1 is 1.45 bits per heavy atom. The van der Waals surface area contributed by atoms with E-state index >= 15 is 0 Å². The van der Waals surface area contributed by atoms with Gasteiger partial charge in [-0.05, 0) is 25.8 Å². The number of rotatable bonds is 4. The Morgan fingerprint density at radius 2 is 2.18 bits per heavy atom. The topological polar surface area (TPSA) is 55.6 Å². The minimum atomic E-state index is -4.64. The van der Waals surface area contributed by atoms with Gasteiger partial charge in [-0.15, -0.1) is 0 Å². The number of alkyl halides is 3. The van der Waals surface area contributed by atoms with Crippen molar-refractivity contribution in [2.24, 2.45) is 0 Å². The molecule has 0 bridgehead atoms. The molecule has 1 heterocycles. The van der Waals surface area contributed by atoms with E-state index in [9.17, 15) is 23.3 Å². The molecule has 22 heavy (non-hydrogen) atoms. The fourth-order valence-corrected chi connectivity index (χ4v) is 2.67. The van der Waals surface area contributed by atoms with Crippen molar-refractivity contribution in [3.8, 4) is 0 Å². The van der Waals surface area contributed by atoms with Crippen LogP contribution in [-0.4, -0.2) is 30.7 Å². The van der Waals surface area contributed by atoms with E-state index in [1.165, 1.54) is 6.07 Å². The first-order valence-corrected chi connectivity index (χ1v) is 7.05. The van der Waals surface area contributed by atoms with Gasteiger partial charge in [0.15, 0.2) is 0 Å². The third-order valence-electron chi connectivity index (χ3n) is 3.62. The number of anilines is 1. The Hall–Kier alpha value is -1.83. The fourth-order valence-electron chi connectivity index (χ4n) is 2.67. The van der Waals surface area contributed by atoms with Crippen LogP contribution >= 0.6 is 0 Å². The summed E-state index contributed by atoms with van der Waals surface area (Å²) in [6, 6.07) is 2.88. The summed E-state index contributed by atoms with van der Waals surface area (Å²) in [6.45, 7) is 3.18. The van der Waals surface area contributed by atoms with Crippen LogP contribution in [0.15, 0.2) is 18.2 Å². The van der Waals surface area contributed by atoms with Gasteiger partial charge in [0, 0.05) is 37.5 Å². The van der Waals surface area contributed by atoms with E-state index < -0.39 is 22.4 Å². The minimum absolute atomic E-state index is 0.0255. The van der Waals surface area contributed by atoms with Crippen LogP contribution in [0, 0.1) is 10.1 Å². The van der Waals surface area contributed by atoms with Gasteiger partial charge >= 0.3 is 6.18 Å². The van der Waals surface area contributed by atoms with E-state index in [1.807, 2.05) is 6.92 Å². The molecule has 1 fully saturated rings. The van der Waals surface area contributed by atoms with Gasteiger partial charge in [0.05, 0.1) is 16.6 Å². The SMILES string of the molecule is CCOC1CCCN(c2ccc([N+](=O)[O-])cc2C(F)(F)F)C1. The molecule has 1 atom stereocenters. The van der Waals surface area contributed by atoms with Crippen molar-refractivity contribution in [3.05, 3.63) is 33.9 Å². The zero-order valence-corrected chi connectivity index (χ0v) is 12.1. The molecule has 1 aromatic rings. The number of nitro groups is 1. The zero-order valence-electron chi connectivity index (χ0n) is 12.1. The van der Waals surface area contributed by atoms with Gasteiger partial charge in [-0.2, -0.15) is 13.2 Å². The molecule has 1 aliphatic heterocycles. The maximum Gasteiger partial charge on any atom is 0.418 e. The smallest absolute Gasteiger partial charge is 0.377 e. The summed E-state index contributed by atoms with van der Waals surface area (Å²) in [7, 11) is 0. The lowest BCUT2D eigenvalue weighted by molar-refractivity contribution is -0.385. The highest BCUT2D eigenvalue weighted by Crippen LogP contribution is 2.39. The summed E-state index contributed by atoms with van der Waals surface area (Å²) in [5, 5.41) is 10.7. The van der Waals surface area contributed by atoms with E-state index in [2.05, 4.69) is 0 Å². The molecule has 0 radical (unpaired) electrons. The molecular weight excluding hydrogens is 301 g/mol. The molecule has 0 spiro atoms. The number of ether oxygens (including phenoxy) is 1. The molecule has 0 saturated carbocycles. The van der Waals surface area contributed by atoms with Gasteiger partial charge in [0.25, 0.3) is 5.69 Å². The Kier molecular flexibility index (Phi) is 4.90. The van der Waals surface area contributed by atoms with Crippen molar-refractivity contribution in [1.29, 1.82) is 0 Å². The first-order valence-electron chi connectivity index (χ1n) is 7.05. The summed E-state index contributed by atoms with van der Waals surface area (Å²) >= 11 is 0. The van der Waals surface area contributed by atoms with E-state index in [4.69, 9.17) is 4.74 Å². The summed E-state index contributed by atoms with van der Waals surface area (Å²) in [6.07, 6.45) is -3.23. The predicted octanol–water partition coefficient (Wildman–Crippen LogP) is 3.62. The van der Waals surface area contributed by atoms with Crippen LogP contribution in [-0.2, 0) is 10.9 Å². The lowest BCUT2D eigenvalue weighted by Crippen LogP contribution is -2.40. The monoisotopic (exact) mass is 318 g/mol. The average molecular weight is 318 g/mol. The summed E-state index contributed by atoms with van der Waals surface area (Å²) in [5.74, 6) is 0. The first-order chi connectivity index (χ1) is 10.3. The van der Waals surface area contributed by atoms with Crippen LogP contribution in [0.25, 0.3) is 0 Å². The van der Waals surface area contributed by atoms with Crippen LogP contribution in [0.4, 0.5) is 24.5 Å². The largest absolute Gasteiger partial charge is 0.418 e. The number of non-ortho nitro benzene ring substituents is 1. The van der Waals surface area contributed by atoms with Gasteiger partial charge in [0.2, 0.25) is 0 Å². The highest BCUT2D eigenvalue weighted by molar-refractivity contribution is 5.59. The standard InChI is InChI=1S/C14H17F3N2O3/c1-2-22-11-4-3-7-18(9-11)13-6-5-10(19(20)21)8-12(13)14(15,16)17/h5-6,8,11H,2-4,7,9H2,1H3. The molecule has 122 valence electrons. The van der Waals surface area contributed by atoms with Crippen molar-refractivity contribution in [2.75, 3.05) is 24.6 Å². The van der Waals surface area contributed by atoms with Crippen molar-refractivity contribution in [1.82, 2.24) is 0 Å². The second-order valence-corrected chi connectivity index (χ2v) is 5.12. The summed E-state index contributed by atoms with van der Waals surface area (Å²) < 4.78 is 45.1. The summed E-state index contributed by atoms with van der Waals surface area (Å²) in [4.78, 5) is 11.5. The number of halogens is 3. The van der Waals surface area contributed by atoms with Crippen molar-refractivity contribution in [2.45, 2.75) is 32.0 Å².